The molecule has 0 amide bonds. The van der Waals surface area contributed by atoms with Crippen LogP contribution in [0.4, 0.5) is 0 Å². The molecule has 67 heavy (non-hydrogen) atoms. The Morgan fingerprint density at radius 2 is 0.910 bits per heavy atom. The Morgan fingerprint density at radius 3 is 1.21 bits per heavy atom. The fourth-order valence-electron chi connectivity index (χ4n) is 9.57. The van der Waals surface area contributed by atoms with E-state index in [-0.39, 0.29) is 34.4 Å². The van der Waals surface area contributed by atoms with E-state index in [1.54, 1.807) is 6.92 Å². The first kappa shape index (κ1) is 63.8. The van der Waals surface area contributed by atoms with E-state index in [9.17, 15) is 19.2 Å². The molecule has 8 nitrogen and oxygen atoms in total. The molecular weight excluding hydrogens is 837 g/mol. The summed E-state index contributed by atoms with van der Waals surface area (Å²) in [6, 6.07) is 0. The molecule has 3 unspecified atom stereocenters. The predicted molar refractivity (Wildman–Crippen MR) is 281 cm³/mol. The fraction of sp³-hybridized carbons (Fsp3) is 0.797. The molecule has 0 spiro atoms. The lowest BCUT2D eigenvalue weighted by Gasteiger charge is -2.38. The van der Waals surface area contributed by atoms with Crippen molar-refractivity contribution in [2.45, 2.75) is 272 Å². The van der Waals surface area contributed by atoms with Crippen LogP contribution in [0.3, 0.4) is 0 Å². The molecule has 0 radical (unpaired) electrons. The molecule has 0 aromatic rings. The molecule has 3 atom stereocenters. The lowest BCUT2D eigenvalue weighted by molar-refractivity contribution is -0.151. The van der Waals surface area contributed by atoms with Gasteiger partial charge in [-0.05, 0) is 56.4 Å². The maximum absolute atomic E-state index is 12.0. The highest BCUT2D eigenvalue weighted by Crippen LogP contribution is 2.66. The highest BCUT2D eigenvalue weighted by Gasteiger charge is 2.62. The number of rotatable bonds is 40. The number of unbranched alkanes of at least 4 members (excludes halogenated alkanes) is 30. The van der Waals surface area contributed by atoms with Crippen LogP contribution in [-0.2, 0) is 33.4 Å². The van der Waals surface area contributed by atoms with Gasteiger partial charge in [-0.25, -0.2) is 19.2 Å². The Labute approximate surface area is 412 Å². The van der Waals surface area contributed by atoms with E-state index >= 15 is 0 Å². The SMILES string of the molecule is C=C(C)C(=O)OCCCCCCCCCCCCCCCCCC.C=C(C=CC(=O)O)C(=O)OC1CC2CCC1(C)C2(C)C.C=CC(=O)OCCCCCCCCCCCCCCCCCC. The van der Waals surface area contributed by atoms with Crippen molar-refractivity contribution in [3.8, 4) is 0 Å². The topological polar surface area (TPSA) is 116 Å². The number of carbonyl (C=O) groups excluding carboxylic acids is 3. The number of carboxylic acid groups (broad SMARTS) is 1. The van der Waals surface area contributed by atoms with Crippen molar-refractivity contribution in [2.75, 3.05) is 13.2 Å². The molecule has 2 bridgehead atoms. The van der Waals surface area contributed by atoms with Gasteiger partial charge in [-0.1, -0.05) is 247 Å². The molecule has 0 aliphatic heterocycles. The molecule has 2 aliphatic rings. The number of esters is 3. The van der Waals surface area contributed by atoms with Gasteiger partial charge in [0.1, 0.15) is 6.10 Å². The summed E-state index contributed by atoms with van der Waals surface area (Å²) in [6.45, 7) is 24.5. The van der Waals surface area contributed by atoms with Crippen molar-refractivity contribution in [1.29, 1.82) is 0 Å². The summed E-state index contributed by atoms with van der Waals surface area (Å²) in [7, 11) is 0. The average Bonchev–Trinajstić information content (AvgIpc) is 3.64. The molecule has 2 aliphatic carbocycles. The van der Waals surface area contributed by atoms with Crippen LogP contribution in [0.25, 0.3) is 0 Å². The number of hydrogen-bond donors (Lipinski definition) is 1. The van der Waals surface area contributed by atoms with Gasteiger partial charge in [0.2, 0.25) is 0 Å². The number of carboxylic acids is 1. The van der Waals surface area contributed by atoms with Gasteiger partial charge in [-0.15, -0.1) is 0 Å². The lowest BCUT2D eigenvalue weighted by atomic mass is 9.70. The van der Waals surface area contributed by atoms with E-state index in [1.807, 2.05) is 0 Å². The first-order chi connectivity index (χ1) is 32.2. The van der Waals surface area contributed by atoms with Crippen LogP contribution >= 0.6 is 0 Å². The van der Waals surface area contributed by atoms with Crippen molar-refractivity contribution in [2.24, 2.45) is 16.7 Å². The molecule has 388 valence electrons. The molecule has 1 N–H and O–H groups in total. The van der Waals surface area contributed by atoms with E-state index in [2.05, 4.69) is 54.4 Å². The Hall–Kier alpha value is -3.16. The van der Waals surface area contributed by atoms with Crippen molar-refractivity contribution in [3.63, 3.8) is 0 Å². The van der Waals surface area contributed by atoms with Crippen molar-refractivity contribution in [3.05, 3.63) is 49.1 Å². The summed E-state index contributed by atoms with van der Waals surface area (Å²) in [6.07, 6.45) is 49.9. The van der Waals surface area contributed by atoms with Gasteiger partial charge in [0, 0.05) is 23.1 Å². The van der Waals surface area contributed by atoms with E-state index in [1.165, 1.54) is 211 Å². The number of aliphatic carboxylic acids is 1. The van der Waals surface area contributed by atoms with Gasteiger partial charge in [0.05, 0.1) is 18.8 Å². The van der Waals surface area contributed by atoms with Crippen LogP contribution in [0.2, 0.25) is 0 Å². The largest absolute Gasteiger partial charge is 0.478 e. The van der Waals surface area contributed by atoms with Gasteiger partial charge >= 0.3 is 23.9 Å². The molecule has 0 saturated heterocycles. The van der Waals surface area contributed by atoms with Gasteiger partial charge in [-0.2, -0.15) is 0 Å². The van der Waals surface area contributed by atoms with Crippen LogP contribution in [0.15, 0.2) is 49.1 Å². The summed E-state index contributed by atoms with van der Waals surface area (Å²) >= 11 is 0. The van der Waals surface area contributed by atoms with E-state index in [0.29, 0.717) is 24.7 Å². The van der Waals surface area contributed by atoms with Gasteiger partial charge in [-0.3, -0.25) is 0 Å². The summed E-state index contributed by atoms with van der Waals surface area (Å²) in [5, 5.41) is 8.54. The molecule has 2 fully saturated rings. The lowest BCUT2D eigenvalue weighted by Crippen LogP contribution is -2.38. The normalized spacial score (nSPS) is 17.8. The van der Waals surface area contributed by atoms with Gasteiger partial charge in [0.25, 0.3) is 0 Å². The summed E-state index contributed by atoms with van der Waals surface area (Å²) in [4.78, 5) is 44.4. The maximum Gasteiger partial charge on any atom is 0.337 e. The molecule has 2 saturated carbocycles. The predicted octanol–water partition coefficient (Wildman–Crippen LogP) is 17.3. The third-order valence-corrected chi connectivity index (χ3v) is 14.6. The second-order valence-electron chi connectivity index (χ2n) is 20.6. The van der Waals surface area contributed by atoms with E-state index in [0.717, 1.165) is 31.8 Å². The smallest absolute Gasteiger partial charge is 0.337 e. The maximum atomic E-state index is 12.0. The monoisotopic (exact) mass is 941 g/mol. The number of ether oxygens (including phenoxy) is 3. The number of carbonyl (C=O) groups is 4. The summed E-state index contributed by atoms with van der Waals surface area (Å²) < 4.78 is 15.6. The second kappa shape index (κ2) is 41.8. The standard InChI is InChI=1S/C22H42O2.C21H40O2.C16H22O4/c1-4-5-6-7-8-9-10-11-12-13-14-15-16-17-18-19-20-24-22(23)21(2)3;1-3-5-6-7-8-9-10-11-12-13-14-15-16-17-18-19-20-23-21(22)4-2;1-10(5-6-13(17)18)14(19)20-12-9-11-7-8-16(12,4)15(11,2)3/h2,4-20H2,1,3H3;4H,2-3,5-20H2,1H3;5-6,11-12H,1,7-9H2,2-4H3,(H,17,18). The molecule has 0 aromatic heterocycles. The first-order valence-electron chi connectivity index (χ1n) is 27.6. The number of hydrogen-bond acceptors (Lipinski definition) is 7. The van der Waals surface area contributed by atoms with Crippen LogP contribution in [0.1, 0.15) is 266 Å². The summed E-state index contributed by atoms with van der Waals surface area (Å²) in [5.74, 6) is -1.58. The minimum Gasteiger partial charge on any atom is -0.478 e. The minimum absolute atomic E-state index is 0.00409. The first-order valence-corrected chi connectivity index (χ1v) is 27.6. The van der Waals surface area contributed by atoms with Crippen LogP contribution in [0, 0.1) is 16.7 Å². The molecule has 0 aromatic carbocycles. The van der Waals surface area contributed by atoms with E-state index < -0.39 is 11.9 Å². The zero-order valence-electron chi connectivity index (χ0n) is 44.5. The van der Waals surface area contributed by atoms with Crippen LogP contribution < -0.4 is 0 Å². The van der Waals surface area contributed by atoms with Gasteiger partial charge < -0.3 is 19.3 Å². The summed E-state index contributed by atoms with van der Waals surface area (Å²) in [5.41, 5.74) is 0.753. The van der Waals surface area contributed by atoms with E-state index in [4.69, 9.17) is 19.3 Å². The van der Waals surface area contributed by atoms with Gasteiger partial charge in [0.15, 0.2) is 0 Å². The Morgan fingerprint density at radius 1 is 0.552 bits per heavy atom. The fourth-order valence-corrected chi connectivity index (χ4v) is 9.57. The molecule has 2 rings (SSSR count). The Balaban J connectivity index is 0.000000978. The molecule has 8 heteroatoms. The van der Waals surface area contributed by atoms with Crippen LogP contribution in [0.5, 0.6) is 0 Å². The van der Waals surface area contributed by atoms with Crippen molar-refractivity contribution in [1.82, 2.24) is 0 Å². The number of fused-ring (bicyclic) bond motifs is 2. The quantitative estimate of drug-likeness (QED) is 0.0212. The van der Waals surface area contributed by atoms with Crippen LogP contribution in [-0.4, -0.2) is 48.3 Å². The highest BCUT2D eigenvalue weighted by atomic mass is 16.5. The zero-order valence-corrected chi connectivity index (χ0v) is 44.5. The molecule has 0 heterocycles. The highest BCUT2D eigenvalue weighted by molar-refractivity contribution is 5.93. The third-order valence-electron chi connectivity index (χ3n) is 14.6. The van der Waals surface area contributed by atoms with Crippen molar-refractivity contribution >= 4 is 23.9 Å². The van der Waals surface area contributed by atoms with Crippen molar-refractivity contribution < 1.29 is 38.5 Å². The Bertz CT molecular complexity index is 1360. The second-order valence-corrected chi connectivity index (χ2v) is 20.6. The third kappa shape index (κ3) is 32.3. The zero-order chi connectivity index (χ0) is 50.0. The molecular formula is C59H104O8. The minimum atomic E-state index is -1.10. The Kier molecular flexibility index (Phi) is 39.8. The average molecular weight is 941 g/mol.